The lowest BCUT2D eigenvalue weighted by Gasteiger charge is -2.48. The average molecular weight is 1000 g/mol. The van der Waals surface area contributed by atoms with Crippen LogP contribution < -0.4 is 20.4 Å². The van der Waals surface area contributed by atoms with E-state index < -0.39 is 41.5 Å². The highest BCUT2D eigenvalue weighted by molar-refractivity contribution is 6.09. The van der Waals surface area contributed by atoms with Gasteiger partial charge in [-0.1, -0.05) is 24.6 Å². The van der Waals surface area contributed by atoms with Gasteiger partial charge < -0.3 is 34.4 Å². The summed E-state index contributed by atoms with van der Waals surface area (Å²) >= 11 is 0. The molecular formula is C55H67F2N11O5. The minimum atomic E-state index is -3.41. The number of rotatable bonds is 10. The average Bonchev–Trinajstić information content (AvgIpc) is 4.04. The molecule has 16 nitrogen and oxygen atoms in total. The smallest absolute Gasteiger partial charge is 0.276 e. The van der Waals surface area contributed by atoms with Crippen LogP contribution in [0.3, 0.4) is 0 Å². The first-order chi connectivity index (χ1) is 35.2. The molecule has 6 aliphatic heterocycles. The highest BCUT2D eigenvalue weighted by Gasteiger charge is 2.58. The number of likely N-dealkylation sites (tertiary alicyclic amines) is 3. The van der Waals surface area contributed by atoms with Crippen LogP contribution in [-0.4, -0.2) is 140 Å². The van der Waals surface area contributed by atoms with Crippen molar-refractivity contribution in [2.45, 2.75) is 145 Å². The second-order valence-corrected chi connectivity index (χ2v) is 22.7. The van der Waals surface area contributed by atoms with Crippen molar-refractivity contribution in [3.8, 4) is 11.3 Å². The van der Waals surface area contributed by atoms with Crippen LogP contribution in [0.4, 0.5) is 26.1 Å². The molecule has 2 N–H and O–H groups in total. The Morgan fingerprint density at radius 1 is 0.808 bits per heavy atom. The van der Waals surface area contributed by atoms with E-state index in [-0.39, 0.29) is 68.2 Å². The van der Waals surface area contributed by atoms with Gasteiger partial charge in [0, 0.05) is 86.7 Å². The van der Waals surface area contributed by atoms with E-state index in [1.807, 2.05) is 24.5 Å². The fraction of sp³-hybridized carbons (Fsp3) is 0.600. The topological polar surface area (TPSA) is 169 Å². The quantitative estimate of drug-likeness (QED) is 0.161. The van der Waals surface area contributed by atoms with Crippen LogP contribution in [0.1, 0.15) is 127 Å². The molecule has 1 aromatic carbocycles. The molecule has 0 bridgehead atoms. The van der Waals surface area contributed by atoms with Crippen molar-refractivity contribution in [3.05, 3.63) is 60.0 Å². The van der Waals surface area contributed by atoms with Gasteiger partial charge in [-0.3, -0.25) is 29.3 Å². The first kappa shape index (κ1) is 47.9. The number of piperidine rings is 5. The van der Waals surface area contributed by atoms with Crippen molar-refractivity contribution in [2.75, 3.05) is 67.5 Å². The molecule has 386 valence electrons. The molecular weight excluding hydrogens is 933 g/mol. The fourth-order valence-electron chi connectivity index (χ4n) is 13.2. The predicted octanol–water partition coefficient (Wildman–Crippen LogP) is 6.79. The number of amides is 5. The maximum absolute atomic E-state index is 16.3. The van der Waals surface area contributed by atoms with Gasteiger partial charge in [0.05, 0.1) is 35.4 Å². The summed E-state index contributed by atoms with van der Waals surface area (Å²) in [4.78, 5) is 91.3. The summed E-state index contributed by atoms with van der Waals surface area (Å²) in [5, 5.41) is 6.05. The number of carbonyl (C=O) groups is 5. The summed E-state index contributed by atoms with van der Waals surface area (Å²) in [5.74, 6) is -5.74. The monoisotopic (exact) mass is 1000 g/mol. The second kappa shape index (κ2) is 18.7. The van der Waals surface area contributed by atoms with Gasteiger partial charge in [0.25, 0.3) is 5.92 Å². The van der Waals surface area contributed by atoms with Gasteiger partial charge in [0.1, 0.15) is 17.3 Å². The van der Waals surface area contributed by atoms with Crippen molar-refractivity contribution >= 4 is 57.9 Å². The number of imidazole rings is 1. The van der Waals surface area contributed by atoms with Crippen LogP contribution in [0.15, 0.2) is 48.9 Å². The molecule has 5 saturated heterocycles. The van der Waals surface area contributed by atoms with Crippen LogP contribution in [0.2, 0.25) is 0 Å². The number of halogens is 2. The third-order valence-electron chi connectivity index (χ3n) is 17.8. The van der Waals surface area contributed by atoms with Crippen LogP contribution >= 0.6 is 0 Å². The number of benzene rings is 1. The summed E-state index contributed by atoms with van der Waals surface area (Å²) in [5.41, 5.74) is 5.22. The Morgan fingerprint density at radius 2 is 1.58 bits per heavy atom. The highest BCUT2D eigenvalue weighted by atomic mass is 19.3. The van der Waals surface area contributed by atoms with Gasteiger partial charge in [-0.15, -0.1) is 0 Å². The Kier molecular flexibility index (Phi) is 12.3. The lowest BCUT2D eigenvalue weighted by Crippen LogP contribution is -2.60. The second-order valence-electron chi connectivity index (χ2n) is 22.7. The maximum atomic E-state index is 16.3. The fourth-order valence-corrected chi connectivity index (χ4v) is 13.2. The molecule has 9 heterocycles. The third-order valence-corrected chi connectivity index (χ3v) is 17.8. The molecule has 2 saturated carbocycles. The Morgan fingerprint density at radius 3 is 2.26 bits per heavy atom. The summed E-state index contributed by atoms with van der Waals surface area (Å²) in [6.07, 6.45) is 13.4. The number of fused-ring (bicyclic) bond motifs is 3. The minimum Gasteiger partial charge on any atom is -0.366 e. The van der Waals surface area contributed by atoms with Gasteiger partial charge in [0.15, 0.2) is 5.82 Å². The van der Waals surface area contributed by atoms with Crippen molar-refractivity contribution in [2.24, 2.45) is 11.8 Å². The number of hydrogen-bond acceptors (Lipinski definition) is 11. The van der Waals surface area contributed by atoms with Crippen molar-refractivity contribution in [1.82, 2.24) is 39.5 Å². The number of imide groups is 1. The zero-order valence-electron chi connectivity index (χ0n) is 42.0. The Hall–Kier alpha value is -6.04. The molecule has 5 amide bonds. The SMILES string of the molecule is CC(C)n1cnc2cc(-c3ccc4c(c3)N([C@H]3C[C@@H](N5CCCCC5)C3)C(=O)C43CCN(C(=O)C4CCN(C(=O)C5CCN(c6ccc(C7CCC(=O)NC7=O)cn6)CC5)CC4(F)F)CC3)nc(NC3CC3)c21. The molecule has 3 aromatic heterocycles. The van der Waals surface area contributed by atoms with Gasteiger partial charge in [0.2, 0.25) is 29.5 Å². The van der Waals surface area contributed by atoms with Crippen LogP contribution in [0.25, 0.3) is 22.3 Å². The molecule has 2 unspecified atom stereocenters. The van der Waals surface area contributed by atoms with Crippen molar-refractivity contribution in [1.29, 1.82) is 0 Å². The largest absolute Gasteiger partial charge is 0.366 e. The molecule has 2 aliphatic carbocycles. The molecule has 73 heavy (non-hydrogen) atoms. The number of pyridine rings is 2. The number of anilines is 3. The number of carbonyl (C=O) groups excluding carboxylic acids is 5. The van der Waals surface area contributed by atoms with E-state index in [9.17, 15) is 19.2 Å². The van der Waals surface area contributed by atoms with E-state index in [1.165, 1.54) is 24.2 Å². The Bertz CT molecular complexity index is 2820. The first-order valence-electron chi connectivity index (χ1n) is 27.1. The predicted molar refractivity (Wildman–Crippen MR) is 271 cm³/mol. The van der Waals surface area contributed by atoms with E-state index in [1.54, 1.807) is 11.1 Å². The van der Waals surface area contributed by atoms with E-state index >= 15 is 13.6 Å². The zero-order valence-corrected chi connectivity index (χ0v) is 42.0. The molecule has 8 aliphatic rings. The lowest BCUT2D eigenvalue weighted by atomic mass is 9.73. The number of nitrogens with one attached hydrogen (secondary N) is 2. The Labute approximate surface area is 424 Å². The molecule has 2 atom stereocenters. The summed E-state index contributed by atoms with van der Waals surface area (Å²) < 4.78 is 34.7. The third kappa shape index (κ3) is 8.72. The van der Waals surface area contributed by atoms with E-state index in [2.05, 4.69) is 66.9 Å². The van der Waals surface area contributed by atoms with Crippen LogP contribution in [0, 0.1) is 11.8 Å². The standard InChI is InChI=1S/C55H67F2N11O5/c1-33(2)67-32-59-44-29-43(61-49(48(44)67)60-37-8-9-37)35-6-11-41-45(26-35)68(39-27-38(28-39)63-19-4-3-5-20-63)53(73)54(41)17-24-65(25-18-54)52(72)42-16-23-66(31-55(42,56)57)51(71)34-14-21-64(22-15-34)46-12-7-36(30-58-46)40-10-13-47(69)62-50(40)70/h6-7,11-12,26,29-30,32-34,37-40,42H,3-5,8-10,13-25,27-28,31H2,1-2H3,(H,60,61)(H,62,69,70)/t38-,39+,40?,42?. The zero-order chi connectivity index (χ0) is 50.3. The van der Waals surface area contributed by atoms with E-state index in [0.717, 1.165) is 83.7 Å². The summed E-state index contributed by atoms with van der Waals surface area (Å²) in [7, 11) is 0. The number of hydrogen-bond donors (Lipinski definition) is 2. The number of alkyl halides is 2. The first-order valence-corrected chi connectivity index (χ1v) is 27.1. The molecule has 18 heteroatoms. The minimum absolute atomic E-state index is 0.0405. The van der Waals surface area contributed by atoms with E-state index in [4.69, 9.17) is 9.97 Å². The van der Waals surface area contributed by atoms with E-state index in [0.29, 0.717) is 63.1 Å². The van der Waals surface area contributed by atoms with Crippen LogP contribution in [0.5, 0.6) is 0 Å². The number of aromatic nitrogens is 4. The summed E-state index contributed by atoms with van der Waals surface area (Å²) in [6, 6.07) is 13.1. The van der Waals surface area contributed by atoms with Gasteiger partial charge in [-0.2, -0.15) is 0 Å². The Balaban J connectivity index is 0.714. The molecule has 1 spiro atoms. The normalized spacial score (nSPS) is 26.6. The van der Waals surface area contributed by atoms with Crippen molar-refractivity contribution < 1.29 is 32.8 Å². The van der Waals surface area contributed by atoms with Crippen molar-refractivity contribution in [3.63, 3.8) is 0 Å². The van der Waals surface area contributed by atoms with Gasteiger partial charge >= 0.3 is 0 Å². The van der Waals surface area contributed by atoms with Gasteiger partial charge in [-0.05, 0) is 133 Å². The maximum Gasteiger partial charge on any atom is 0.276 e. The number of nitrogens with zero attached hydrogens (tertiary/aromatic N) is 9. The highest BCUT2D eigenvalue weighted by Crippen LogP contribution is 2.53. The summed E-state index contributed by atoms with van der Waals surface area (Å²) in [6.45, 7) is 7.17. The van der Waals surface area contributed by atoms with Gasteiger partial charge in [-0.25, -0.2) is 23.7 Å². The molecule has 12 rings (SSSR count). The van der Waals surface area contributed by atoms with Crippen LogP contribution in [-0.2, 0) is 29.4 Å². The molecule has 0 radical (unpaired) electrons. The molecule has 4 aromatic rings. The lowest BCUT2D eigenvalue weighted by molar-refractivity contribution is -0.170. The molecule has 7 fully saturated rings.